The van der Waals surface area contributed by atoms with Crippen LogP contribution < -0.4 is 4.90 Å². The van der Waals surface area contributed by atoms with E-state index in [1.165, 1.54) is 23.9 Å². The van der Waals surface area contributed by atoms with Crippen LogP contribution in [0.1, 0.15) is 11.1 Å². The Kier molecular flexibility index (Phi) is 6.59. The number of rotatable bonds is 4. The fourth-order valence-electron chi connectivity index (χ4n) is 3.50. The molecule has 4 aromatic rings. The Labute approximate surface area is 220 Å². The SMILES string of the molecule is CN(C)c1ccc(/C=C2\Sc3nnc(-c4cc(F)c(Cl)cc4Cl)n3N=C2c2ccc(Cl)cc2)cc1. The Bertz CT molecular complexity index is 1480. The highest BCUT2D eigenvalue weighted by Crippen LogP contribution is 2.39. The van der Waals surface area contributed by atoms with Crippen LogP contribution in [-0.2, 0) is 0 Å². The molecule has 2 heterocycles. The van der Waals surface area contributed by atoms with Gasteiger partial charge >= 0.3 is 0 Å². The number of anilines is 1. The van der Waals surface area contributed by atoms with E-state index in [1.807, 2.05) is 61.5 Å². The number of benzene rings is 3. The van der Waals surface area contributed by atoms with Crippen molar-refractivity contribution in [1.29, 1.82) is 0 Å². The van der Waals surface area contributed by atoms with Crippen LogP contribution in [0.15, 0.2) is 75.8 Å². The molecule has 10 heteroatoms. The van der Waals surface area contributed by atoms with Gasteiger partial charge in [-0.25, -0.2) is 4.39 Å². The Morgan fingerprint density at radius 2 is 1.63 bits per heavy atom. The standard InChI is InChI=1S/C25H17Cl3FN5S/c1-33(2)17-9-3-14(4-10-17)11-22-23(15-5-7-16(26)8-6-15)32-34-24(30-31-25(34)35-22)18-12-21(29)20(28)13-19(18)27/h3-13H,1-2H3/b22-11-. The Morgan fingerprint density at radius 3 is 2.31 bits per heavy atom. The van der Waals surface area contributed by atoms with Crippen LogP contribution in [0.5, 0.6) is 0 Å². The summed E-state index contributed by atoms with van der Waals surface area (Å²) in [4.78, 5) is 2.92. The predicted molar refractivity (Wildman–Crippen MR) is 143 cm³/mol. The largest absolute Gasteiger partial charge is 0.378 e. The minimum absolute atomic E-state index is 0.0673. The zero-order valence-corrected chi connectivity index (χ0v) is 21.6. The van der Waals surface area contributed by atoms with E-state index in [-0.39, 0.29) is 10.0 Å². The molecule has 0 saturated carbocycles. The summed E-state index contributed by atoms with van der Waals surface area (Å²) in [5, 5.41) is 14.7. The Hall–Kier alpha value is -2.84. The second kappa shape index (κ2) is 9.66. The van der Waals surface area contributed by atoms with Gasteiger partial charge in [-0.2, -0.15) is 9.78 Å². The van der Waals surface area contributed by atoms with Crippen LogP contribution in [0, 0.1) is 5.82 Å². The summed E-state index contributed by atoms with van der Waals surface area (Å²) < 4.78 is 15.8. The summed E-state index contributed by atoms with van der Waals surface area (Å²) in [6.07, 6.45) is 2.05. The molecule has 0 amide bonds. The van der Waals surface area contributed by atoms with Gasteiger partial charge in [0.25, 0.3) is 0 Å². The Balaban J connectivity index is 1.64. The van der Waals surface area contributed by atoms with Gasteiger partial charge in [0.15, 0.2) is 5.82 Å². The lowest BCUT2D eigenvalue weighted by atomic mass is 10.1. The molecule has 5 rings (SSSR count). The molecule has 0 aliphatic carbocycles. The van der Waals surface area contributed by atoms with Crippen molar-refractivity contribution in [1.82, 2.24) is 14.9 Å². The maximum Gasteiger partial charge on any atom is 0.217 e. The molecule has 1 aliphatic heterocycles. The molecule has 1 aromatic heterocycles. The maximum atomic E-state index is 14.2. The van der Waals surface area contributed by atoms with E-state index in [0.717, 1.165) is 21.7 Å². The molecule has 35 heavy (non-hydrogen) atoms. The second-order valence-electron chi connectivity index (χ2n) is 7.92. The van der Waals surface area contributed by atoms with Crippen LogP contribution in [0.25, 0.3) is 17.5 Å². The normalized spacial score (nSPS) is 14.1. The number of nitrogens with zero attached hydrogens (tertiary/aromatic N) is 5. The molecule has 0 spiro atoms. The minimum Gasteiger partial charge on any atom is -0.378 e. The van der Waals surface area contributed by atoms with E-state index in [4.69, 9.17) is 39.9 Å². The van der Waals surface area contributed by atoms with Crippen LogP contribution in [0.3, 0.4) is 0 Å². The lowest BCUT2D eigenvalue weighted by molar-refractivity contribution is 0.628. The van der Waals surface area contributed by atoms with Gasteiger partial charge in [-0.15, -0.1) is 10.2 Å². The van der Waals surface area contributed by atoms with E-state index >= 15 is 0 Å². The average Bonchev–Trinajstić information content (AvgIpc) is 3.24. The van der Waals surface area contributed by atoms with Crippen LogP contribution in [-0.4, -0.2) is 34.7 Å². The molecule has 3 aromatic carbocycles. The summed E-state index contributed by atoms with van der Waals surface area (Å²) in [5.74, 6) is -0.288. The second-order valence-corrected chi connectivity index (χ2v) is 10.2. The molecule has 0 radical (unpaired) electrons. The number of thioether (sulfide) groups is 1. The first-order valence-corrected chi connectivity index (χ1v) is 12.4. The van der Waals surface area contributed by atoms with Gasteiger partial charge in [0, 0.05) is 40.8 Å². The number of hydrogen-bond donors (Lipinski definition) is 0. The fraction of sp³-hybridized carbons (Fsp3) is 0.0800. The van der Waals surface area contributed by atoms with E-state index < -0.39 is 5.82 Å². The maximum absolute atomic E-state index is 14.2. The van der Waals surface area contributed by atoms with Gasteiger partial charge in [0.1, 0.15) is 11.5 Å². The van der Waals surface area contributed by atoms with Crippen LogP contribution >= 0.6 is 46.6 Å². The third-order valence-electron chi connectivity index (χ3n) is 5.32. The zero-order valence-electron chi connectivity index (χ0n) is 18.5. The lowest BCUT2D eigenvalue weighted by Crippen LogP contribution is -2.12. The first kappa shape index (κ1) is 23.9. The zero-order chi connectivity index (χ0) is 24.7. The van der Waals surface area contributed by atoms with Crippen molar-refractivity contribution < 1.29 is 4.39 Å². The smallest absolute Gasteiger partial charge is 0.217 e. The summed E-state index contributed by atoms with van der Waals surface area (Å²) in [6, 6.07) is 18.2. The van der Waals surface area contributed by atoms with Gasteiger partial charge in [-0.05, 0) is 59.8 Å². The van der Waals surface area contributed by atoms with E-state index in [1.54, 1.807) is 4.68 Å². The van der Waals surface area contributed by atoms with Gasteiger partial charge < -0.3 is 4.90 Å². The van der Waals surface area contributed by atoms with Crippen molar-refractivity contribution in [3.05, 3.63) is 97.6 Å². The summed E-state index contributed by atoms with van der Waals surface area (Å²) in [5.41, 5.74) is 4.01. The molecule has 1 aliphatic rings. The Morgan fingerprint density at radius 1 is 0.914 bits per heavy atom. The van der Waals surface area contributed by atoms with Crippen molar-refractivity contribution in [3.8, 4) is 11.4 Å². The molecule has 0 N–H and O–H groups in total. The van der Waals surface area contributed by atoms with Gasteiger partial charge in [0.05, 0.1) is 10.0 Å². The molecule has 5 nitrogen and oxygen atoms in total. The van der Waals surface area contributed by atoms with Crippen LogP contribution in [0.2, 0.25) is 15.1 Å². The minimum atomic E-state index is -0.601. The van der Waals surface area contributed by atoms with Gasteiger partial charge in [-0.1, -0.05) is 59.1 Å². The summed E-state index contributed by atoms with van der Waals surface area (Å²) in [7, 11) is 4.00. The molecular formula is C25H17Cl3FN5S. The van der Waals surface area contributed by atoms with E-state index in [2.05, 4.69) is 22.3 Å². The first-order chi connectivity index (χ1) is 16.8. The third kappa shape index (κ3) is 4.82. The van der Waals surface area contributed by atoms with Crippen LogP contribution in [0.4, 0.5) is 10.1 Å². The molecule has 176 valence electrons. The topological polar surface area (TPSA) is 46.3 Å². The first-order valence-electron chi connectivity index (χ1n) is 10.4. The van der Waals surface area contributed by atoms with E-state index in [9.17, 15) is 4.39 Å². The van der Waals surface area contributed by atoms with Crippen molar-refractivity contribution in [3.63, 3.8) is 0 Å². The number of allylic oxidation sites excluding steroid dienone is 1. The fourth-order valence-corrected chi connectivity index (χ4v) is 5.04. The molecular weight excluding hydrogens is 528 g/mol. The molecule has 0 atom stereocenters. The number of hydrogen-bond acceptors (Lipinski definition) is 5. The number of aromatic nitrogens is 3. The highest BCUT2D eigenvalue weighted by Gasteiger charge is 2.26. The van der Waals surface area contributed by atoms with Crippen molar-refractivity contribution in [2.24, 2.45) is 5.10 Å². The highest BCUT2D eigenvalue weighted by molar-refractivity contribution is 8.04. The molecule has 0 bridgehead atoms. The monoisotopic (exact) mass is 543 g/mol. The molecule has 0 unspecified atom stereocenters. The molecule has 0 fully saturated rings. The highest BCUT2D eigenvalue weighted by atomic mass is 35.5. The van der Waals surface area contributed by atoms with Gasteiger partial charge in [0.2, 0.25) is 5.16 Å². The van der Waals surface area contributed by atoms with E-state index in [0.29, 0.717) is 27.3 Å². The quantitative estimate of drug-likeness (QED) is 0.249. The molecule has 0 saturated heterocycles. The third-order valence-corrected chi connectivity index (χ3v) is 7.15. The van der Waals surface area contributed by atoms with Crippen molar-refractivity contribution in [2.75, 3.05) is 19.0 Å². The number of halogens is 4. The summed E-state index contributed by atoms with van der Waals surface area (Å²) in [6.45, 7) is 0. The summed E-state index contributed by atoms with van der Waals surface area (Å²) >= 11 is 19.8. The van der Waals surface area contributed by atoms with Crippen molar-refractivity contribution >= 4 is 64.0 Å². The predicted octanol–water partition coefficient (Wildman–Crippen LogP) is 7.51. The number of fused-ring (bicyclic) bond motifs is 1. The average molecular weight is 545 g/mol. The van der Waals surface area contributed by atoms with Crippen molar-refractivity contribution in [2.45, 2.75) is 5.16 Å². The van der Waals surface area contributed by atoms with Gasteiger partial charge in [-0.3, -0.25) is 0 Å². The lowest BCUT2D eigenvalue weighted by Gasteiger charge is -2.18.